The summed E-state index contributed by atoms with van der Waals surface area (Å²) in [7, 11) is 0. The van der Waals surface area contributed by atoms with Gasteiger partial charge in [-0.05, 0) is 19.1 Å². The zero-order valence-electron chi connectivity index (χ0n) is 10.4. The molecule has 8 heteroatoms. The molecule has 0 unspecified atom stereocenters. The molecule has 4 N–H and O–H groups in total. The minimum absolute atomic E-state index is 0.0391. The Hall–Kier alpha value is -2.90. The highest BCUT2D eigenvalue weighted by atomic mass is 19.1. The lowest BCUT2D eigenvalue weighted by Crippen LogP contribution is -2.20. The van der Waals surface area contributed by atoms with E-state index >= 15 is 0 Å². The molecule has 0 saturated carbocycles. The van der Waals surface area contributed by atoms with E-state index in [1.54, 1.807) is 6.92 Å². The van der Waals surface area contributed by atoms with Crippen LogP contribution in [0, 0.1) is 12.7 Å². The van der Waals surface area contributed by atoms with E-state index in [4.69, 9.17) is 15.5 Å². The zero-order chi connectivity index (χ0) is 14.7. The fourth-order valence-corrected chi connectivity index (χ4v) is 1.60. The first-order valence-corrected chi connectivity index (χ1v) is 5.54. The number of hydrogen-bond acceptors (Lipinski definition) is 5. The van der Waals surface area contributed by atoms with Gasteiger partial charge in [0.15, 0.2) is 11.5 Å². The quantitative estimate of drug-likeness (QED) is 0.340. The van der Waals surface area contributed by atoms with Crippen molar-refractivity contribution in [3.05, 3.63) is 47.1 Å². The van der Waals surface area contributed by atoms with Gasteiger partial charge in [0.1, 0.15) is 11.6 Å². The first-order chi connectivity index (χ1) is 9.52. The monoisotopic (exact) mass is 278 g/mol. The summed E-state index contributed by atoms with van der Waals surface area (Å²) in [5.74, 6) is -1.31. The lowest BCUT2D eigenvalue weighted by molar-refractivity contribution is 0.101. The van der Waals surface area contributed by atoms with E-state index in [-0.39, 0.29) is 16.9 Å². The number of anilines is 1. The molecule has 0 bridgehead atoms. The standard InChI is InChI=1S/C12H11FN4O3/c1-6-5-9(17-20-6)12(18)15-8-4-2-3-7(13)10(8)11(14)16-19/h2-5,19H,1H3,(H2,14,16)(H,15,18). The van der Waals surface area contributed by atoms with Crippen molar-refractivity contribution >= 4 is 17.4 Å². The van der Waals surface area contributed by atoms with E-state index in [9.17, 15) is 9.18 Å². The first kappa shape index (κ1) is 13.5. The van der Waals surface area contributed by atoms with Crippen LogP contribution in [0.15, 0.2) is 33.9 Å². The minimum atomic E-state index is -0.727. The smallest absolute Gasteiger partial charge is 0.277 e. The van der Waals surface area contributed by atoms with Gasteiger partial charge in [-0.1, -0.05) is 16.4 Å². The Balaban J connectivity index is 2.34. The number of carbonyl (C=O) groups is 1. The van der Waals surface area contributed by atoms with Crippen molar-refractivity contribution in [2.24, 2.45) is 10.9 Å². The van der Waals surface area contributed by atoms with Crippen molar-refractivity contribution in [1.29, 1.82) is 0 Å². The van der Waals surface area contributed by atoms with Crippen LogP contribution in [-0.4, -0.2) is 22.1 Å². The molecule has 7 nitrogen and oxygen atoms in total. The Kier molecular flexibility index (Phi) is 3.65. The topological polar surface area (TPSA) is 114 Å². The second kappa shape index (κ2) is 5.39. The Labute approximate surface area is 112 Å². The maximum Gasteiger partial charge on any atom is 0.277 e. The molecule has 1 heterocycles. The number of amidine groups is 1. The van der Waals surface area contributed by atoms with Crippen LogP contribution in [0.4, 0.5) is 10.1 Å². The first-order valence-electron chi connectivity index (χ1n) is 5.54. The van der Waals surface area contributed by atoms with Gasteiger partial charge in [0.2, 0.25) is 0 Å². The third kappa shape index (κ3) is 2.58. The molecular formula is C12H11FN4O3. The predicted molar refractivity (Wildman–Crippen MR) is 68.1 cm³/mol. The van der Waals surface area contributed by atoms with Gasteiger partial charge in [-0.2, -0.15) is 0 Å². The Morgan fingerprint density at radius 3 is 2.90 bits per heavy atom. The van der Waals surface area contributed by atoms with E-state index < -0.39 is 17.6 Å². The van der Waals surface area contributed by atoms with E-state index in [0.29, 0.717) is 5.76 Å². The van der Waals surface area contributed by atoms with Crippen LogP contribution in [0.3, 0.4) is 0 Å². The lowest BCUT2D eigenvalue weighted by Gasteiger charge is -2.09. The summed E-state index contributed by atoms with van der Waals surface area (Å²) in [4.78, 5) is 11.9. The fourth-order valence-electron chi connectivity index (χ4n) is 1.60. The number of nitrogens with one attached hydrogen (secondary N) is 1. The largest absolute Gasteiger partial charge is 0.409 e. The van der Waals surface area contributed by atoms with E-state index in [0.717, 1.165) is 6.07 Å². The molecule has 1 amide bonds. The number of aromatic nitrogens is 1. The number of nitrogens with zero attached hydrogens (tertiary/aromatic N) is 2. The normalized spacial score (nSPS) is 11.4. The number of halogens is 1. The van der Waals surface area contributed by atoms with Crippen LogP contribution in [-0.2, 0) is 0 Å². The summed E-state index contributed by atoms with van der Waals surface area (Å²) in [5.41, 5.74) is 5.28. The van der Waals surface area contributed by atoms with Gasteiger partial charge >= 0.3 is 0 Å². The molecule has 0 aliphatic heterocycles. The summed E-state index contributed by atoms with van der Waals surface area (Å²) >= 11 is 0. The number of oxime groups is 1. The van der Waals surface area contributed by atoms with E-state index in [1.165, 1.54) is 18.2 Å². The van der Waals surface area contributed by atoms with Crippen LogP contribution in [0.25, 0.3) is 0 Å². The molecule has 0 spiro atoms. The van der Waals surface area contributed by atoms with Gasteiger partial charge in [-0.15, -0.1) is 0 Å². The summed E-state index contributed by atoms with van der Waals surface area (Å²) in [6, 6.07) is 5.36. The van der Waals surface area contributed by atoms with Crippen molar-refractivity contribution < 1.29 is 18.9 Å². The molecule has 104 valence electrons. The molecule has 1 aromatic carbocycles. The molecule has 0 radical (unpaired) electrons. The van der Waals surface area contributed by atoms with Gasteiger partial charge in [-0.3, -0.25) is 4.79 Å². The minimum Gasteiger partial charge on any atom is -0.409 e. The van der Waals surface area contributed by atoms with Crippen LogP contribution in [0.5, 0.6) is 0 Å². The van der Waals surface area contributed by atoms with Gasteiger partial charge < -0.3 is 20.8 Å². The van der Waals surface area contributed by atoms with Gasteiger partial charge in [0.25, 0.3) is 5.91 Å². The zero-order valence-corrected chi connectivity index (χ0v) is 10.4. The molecule has 1 aromatic heterocycles. The molecule has 2 rings (SSSR count). The highest BCUT2D eigenvalue weighted by Crippen LogP contribution is 2.19. The maximum absolute atomic E-state index is 13.7. The highest BCUT2D eigenvalue weighted by Gasteiger charge is 2.17. The number of nitrogens with two attached hydrogens (primary N) is 1. The number of carbonyl (C=O) groups excluding carboxylic acids is 1. The number of hydrogen-bond donors (Lipinski definition) is 3. The average molecular weight is 278 g/mol. The predicted octanol–water partition coefficient (Wildman–Crippen LogP) is 1.47. The molecule has 0 atom stereocenters. The van der Waals surface area contributed by atoms with Gasteiger partial charge in [0.05, 0.1) is 11.3 Å². The van der Waals surface area contributed by atoms with Crippen LogP contribution < -0.4 is 11.1 Å². The van der Waals surface area contributed by atoms with Gasteiger partial charge in [-0.25, -0.2) is 4.39 Å². The van der Waals surface area contributed by atoms with Crippen LogP contribution in [0.2, 0.25) is 0 Å². The summed E-state index contributed by atoms with van der Waals surface area (Å²) in [5, 5.41) is 17.3. The van der Waals surface area contributed by atoms with Crippen molar-refractivity contribution in [1.82, 2.24) is 5.16 Å². The summed E-state index contributed by atoms with van der Waals surface area (Å²) in [6.07, 6.45) is 0. The Bertz CT molecular complexity index is 681. The maximum atomic E-state index is 13.7. The third-order valence-corrected chi connectivity index (χ3v) is 2.49. The molecule has 0 aliphatic carbocycles. The SMILES string of the molecule is Cc1cc(C(=O)Nc2cccc(F)c2C(N)=NO)no1. The highest BCUT2D eigenvalue weighted by molar-refractivity contribution is 6.09. The van der Waals surface area contributed by atoms with Crippen LogP contribution >= 0.6 is 0 Å². The molecule has 2 aromatic rings. The molecule has 0 saturated heterocycles. The van der Waals surface area contributed by atoms with Crippen LogP contribution in [0.1, 0.15) is 21.8 Å². The third-order valence-electron chi connectivity index (χ3n) is 2.49. The second-order valence-corrected chi connectivity index (χ2v) is 3.92. The van der Waals surface area contributed by atoms with Crippen molar-refractivity contribution in [2.75, 3.05) is 5.32 Å². The van der Waals surface area contributed by atoms with Crippen molar-refractivity contribution in [3.8, 4) is 0 Å². The van der Waals surface area contributed by atoms with Gasteiger partial charge in [0, 0.05) is 6.07 Å². The number of rotatable bonds is 3. The number of aryl methyl sites for hydroxylation is 1. The summed E-state index contributed by atoms with van der Waals surface area (Å²) < 4.78 is 18.5. The summed E-state index contributed by atoms with van der Waals surface area (Å²) in [6.45, 7) is 1.63. The van der Waals surface area contributed by atoms with Crippen molar-refractivity contribution in [2.45, 2.75) is 6.92 Å². The van der Waals surface area contributed by atoms with E-state index in [1.807, 2.05) is 0 Å². The fraction of sp³-hybridized carbons (Fsp3) is 0.0833. The Morgan fingerprint density at radius 2 is 2.30 bits per heavy atom. The lowest BCUT2D eigenvalue weighted by atomic mass is 10.1. The Morgan fingerprint density at radius 1 is 1.55 bits per heavy atom. The molecular weight excluding hydrogens is 267 g/mol. The average Bonchev–Trinajstić information content (AvgIpc) is 2.85. The molecule has 20 heavy (non-hydrogen) atoms. The molecule has 0 fully saturated rings. The second-order valence-electron chi connectivity index (χ2n) is 3.92. The van der Waals surface area contributed by atoms with E-state index in [2.05, 4.69) is 15.6 Å². The molecule has 0 aliphatic rings. The number of benzene rings is 1. The number of amides is 1. The van der Waals surface area contributed by atoms with Crippen molar-refractivity contribution in [3.63, 3.8) is 0 Å².